The summed E-state index contributed by atoms with van der Waals surface area (Å²) in [5.41, 5.74) is 0. The van der Waals surface area contributed by atoms with Crippen molar-refractivity contribution in [3.63, 3.8) is 0 Å². The second-order valence-corrected chi connectivity index (χ2v) is 6.54. The molecule has 2 rings (SSSR count). The molecule has 2 N–H and O–H groups in total. The molecule has 1 aliphatic carbocycles. The van der Waals surface area contributed by atoms with E-state index in [0.717, 1.165) is 25.6 Å². The molecule has 2 unspecified atom stereocenters. The Hall–Kier alpha value is -0.610. The van der Waals surface area contributed by atoms with Gasteiger partial charge in [0.05, 0.1) is 6.54 Å². The Morgan fingerprint density at radius 3 is 2.68 bits per heavy atom. The van der Waals surface area contributed by atoms with Crippen LogP contribution in [0, 0.1) is 11.8 Å². The number of hydrogen-bond acceptors (Lipinski definition) is 3. The molecular weight excluding hydrogens is 240 g/mol. The van der Waals surface area contributed by atoms with Gasteiger partial charge in [0.1, 0.15) is 0 Å². The van der Waals surface area contributed by atoms with E-state index in [1.807, 2.05) is 0 Å². The molecule has 1 heterocycles. The summed E-state index contributed by atoms with van der Waals surface area (Å²) in [6.07, 6.45) is 8.10. The molecule has 0 amide bonds. The van der Waals surface area contributed by atoms with Crippen LogP contribution in [0.4, 0.5) is 0 Å². The summed E-state index contributed by atoms with van der Waals surface area (Å²) in [5.74, 6) is 0.732. The second-order valence-electron chi connectivity index (χ2n) is 6.54. The molecule has 1 saturated heterocycles. The fourth-order valence-corrected chi connectivity index (χ4v) is 3.65. The molecule has 0 aromatic carbocycles. The quantitative estimate of drug-likeness (QED) is 0.800. The van der Waals surface area contributed by atoms with Gasteiger partial charge >= 0.3 is 5.97 Å². The van der Waals surface area contributed by atoms with E-state index in [1.165, 1.54) is 38.5 Å². The number of aliphatic carboxylic acids is 1. The molecule has 4 heteroatoms. The van der Waals surface area contributed by atoms with Gasteiger partial charge in [-0.15, -0.1) is 0 Å². The first-order chi connectivity index (χ1) is 9.13. The summed E-state index contributed by atoms with van der Waals surface area (Å²) in [7, 11) is 0. The topological polar surface area (TPSA) is 52.6 Å². The van der Waals surface area contributed by atoms with Crippen LogP contribution in [0.5, 0.6) is 0 Å². The Morgan fingerprint density at radius 1 is 1.26 bits per heavy atom. The number of carbonyl (C=O) groups is 1. The molecule has 2 atom stereocenters. The molecule has 1 saturated carbocycles. The zero-order valence-corrected chi connectivity index (χ0v) is 12.1. The van der Waals surface area contributed by atoms with Crippen molar-refractivity contribution in [1.29, 1.82) is 0 Å². The fourth-order valence-electron chi connectivity index (χ4n) is 3.65. The predicted octanol–water partition coefficient (Wildman–Crippen LogP) is 1.95. The Labute approximate surface area is 116 Å². The number of nitrogens with zero attached hydrogens (tertiary/aromatic N) is 1. The molecule has 2 fully saturated rings. The van der Waals surface area contributed by atoms with Crippen molar-refractivity contribution < 1.29 is 9.90 Å². The molecular formula is C15H28N2O2. The maximum absolute atomic E-state index is 10.8. The molecule has 2 aliphatic rings. The highest BCUT2D eigenvalue weighted by Crippen LogP contribution is 2.23. The molecule has 0 spiro atoms. The number of nitrogens with one attached hydrogen (secondary N) is 1. The summed E-state index contributed by atoms with van der Waals surface area (Å²) in [6, 6.07) is 0.477. The van der Waals surface area contributed by atoms with Crippen LogP contribution in [0.2, 0.25) is 0 Å². The first-order valence-electron chi connectivity index (χ1n) is 7.81. The van der Waals surface area contributed by atoms with Gasteiger partial charge in [-0.1, -0.05) is 26.2 Å². The molecule has 1 aliphatic heterocycles. The van der Waals surface area contributed by atoms with Crippen molar-refractivity contribution in [2.24, 2.45) is 11.8 Å². The first kappa shape index (κ1) is 14.8. The van der Waals surface area contributed by atoms with Gasteiger partial charge in [0.15, 0.2) is 0 Å². The van der Waals surface area contributed by atoms with E-state index in [0.29, 0.717) is 12.0 Å². The van der Waals surface area contributed by atoms with Crippen LogP contribution in [0.15, 0.2) is 0 Å². The van der Waals surface area contributed by atoms with Crippen LogP contribution in [0.1, 0.15) is 45.4 Å². The number of piperidine rings is 1. The average Bonchev–Trinajstić information content (AvgIpc) is 2.36. The molecule has 19 heavy (non-hydrogen) atoms. The summed E-state index contributed by atoms with van der Waals surface area (Å²) in [4.78, 5) is 12.9. The number of likely N-dealkylation sites (tertiary alicyclic amines) is 1. The fraction of sp³-hybridized carbons (Fsp3) is 0.933. The zero-order valence-electron chi connectivity index (χ0n) is 12.1. The van der Waals surface area contributed by atoms with Crippen molar-refractivity contribution in [2.75, 3.05) is 26.2 Å². The van der Waals surface area contributed by atoms with Crippen LogP contribution in [0.25, 0.3) is 0 Å². The van der Waals surface area contributed by atoms with Crippen LogP contribution in [-0.4, -0.2) is 48.2 Å². The van der Waals surface area contributed by atoms with E-state index in [2.05, 4.69) is 17.1 Å². The lowest BCUT2D eigenvalue weighted by molar-refractivity contribution is -0.138. The summed E-state index contributed by atoms with van der Waals surface area (Å²) in [5, 5.41) is 12.6. The Bertz CT molecular complexity index is 290. The standard InChI is InChI=1S/C15H28N2O2/c1-12-7-14(10-17(9-12)11-15(18)19)16-8-13-5-3-2-4-6-13/h12-14,16H,2-11H2,1H3,(H,18,19). The minimum Gasteiger partial charge on any atom is -0.480 e. The first-order valence-corrected chi connectivity index (χ1v) is 7.81. The Balaban J connectivity index is 1.73. The van der Waals surface area contributed by atoms with Gasteiger partial charge in [0.25, 0.3) is 0 Å². The van der Waals surface area contributed by atoms with Gasteiger partial charge < -0.3 is 10.4 Å². The second kappa shape index (κ2) is 7.25. The molecule has 0 aromatic rings. The van der Waals surface area contributed by atoms with E-state index in [9.17, 15) is 4.79 Å². The Morgan fingerprint density at radius 2 is 2.00 bits per heavy atom. The summed E-state index contributed by atoms with van der Waals surface area (Å²) >= 11 is 0. The van der Waals surface area contributed by atoms with Gasteiger partial charge in [0, 0.05) is 19.1 Å². The van der Waals surface area contributed by atoms with Crippen LogP contribution in [0.3, 0.4) is 0 Å². The third kappa shape index (κ3) is 5.11. The average molecular weight is 268 g/mol. The zero-order chi connectivity index (χ0) is 13.7. The smallest absolute Gasteiger partial charge is 0.317 e. The lowest BCUT2D eigenvalue weighted by atomic mass is 9.88. The maximum atomic E-state index is 10.8. The maximum Gasteiger partial charge on any atom is 0.317 e. The number of carboxylic acid groups (broad SMARTS) is 1. The van der Waals surface area contributed by atoms with Gasteiger partial charge in [0.2, 0.25) is 0 Å². The Kier molecular flexibility index (Phi) is 5.64. The van der Waals surface area contributed by atoms with E-state index in [1.54, 1.807) is 0 Å². The van der Waals surface area contributed by atoms with Gasteiger partial charge in [-0.2, -0.15) is 0 Å². The molecule has 110 valence electrons. The number of carboxylic acids is 1. The lowest BCUT2D eigenvalue weighted by Gasteiger charge is -2.37. The van der Waals surface area contributed by atoms with Crippen molar-refractivity contribution >= 4 is 5.97 Å². The normalized spacial score (nSPS) is 30.4. The van der Waals surface area contributed by atoms with Crippen molar-refractivity contribution in [3.8, 4) is 0 Å². The lowest BCUT2D eigenvalue weighted by Crippen LogP contribution is -2.50. The molecule has 4 nitrogen and oxygen atoms in total. The monoisotopic (exact) mass is 268 g/mol. The third-order valence-electron chi connectivity index (χ3n) is 4.51. The SMILES string of the molecule is CC1CC(NCC2CCCCC2)CN(CC(=O)O)C1. The van der Waals surface area contributed by atoms with Crippen LogP contribution in [-0.2, 0) is 4.79 Å². The predicted molar refractivity (Wildman–Crippen MR) is 76.2 cm³/mol. The van der Waals surface area contributed by atoms with Gasteiger partial charge in [-0.05, 0) is 37.6 Å². The molecule has 0 aromatic heterocycles. The van der Waals surface area contributed by atoms with Crippen molar-refractivity contribution in [3.05, 3.63) is 0 Å². The third-order valence-corrected chi connectivity index (χ3v) is 4.51. The van der Waals surface area contributed by atoms with E-state index in [4.69, 9.17) is 5.11 Å². The summed E-state index contributed by atoms with van der Waals surface area (Å²) in [6.45, 7) is 5.35. The van der Waals surface area contributed by atoms with Crippen LogP contribution < -0.4 is 5.32 Å². The highest BCUT2D eigenvalue weighted by atomic mass is 16.4. The summed E-state index contributed by atoms with van der Waals surface area (Å²) < 4.78 is 0. The number of rotatable bonds is 5. The molecule has 0 radical (unpaired) electrons. The van der Waals surface area contributed by atoms with Crippen molar-refractivity contribution in [1.82, 2.24) is 10.2 Å². The highest BCUT2D eigenvalue weighted by Gasteiger charge is 2.26. The largest absolute Gasteiger partial charge is 0.480 e. The highest BCUT2D eigenvalue weighted by molar-refractivity contribution is 5.69. The minimum absolute atomic E-state index is 0.186. The van der Waals surface area contributed by atoms with Gasteiger partial charge in [-0.25, -0.2) is 0 Å². The van der Waals surface area contributed by atoms with Gasteiger partial charge in [-0.3, -0.25) is 9.69 Å². The van der Waals surface area contributed by atoms with E-state index >= 15 is 0 Å². The van der Waals surface area contributed by atoms with E-state index < -0.39 is 5.97 Å². The van der Waals surface area contributed by atoms with E-state index in [-0.39, 0.29) is 6.54 Å². The molecule has 0 bridgehead atoms. The number of hydrogen-bond donors (Lipinski definition) is 2. The minimum atomic E-state index is -0.708. The van der Waals surface area contributed by atoms with Crippen molar-refractivity contribution in [2.45, 2.75) is 51.5 Å². The van der Waals surface area contributed by atoms with Crippen LogP contribution >= 0.6 is 0 Å².